The lowest BCUT2D eigenvalue weighted by atomic mass is 9.80. The highest BCUT2D eigenvalue weighted by atomic mass is 16.7. The van der Waals surface area contributed by atoms with E-state index >= 15 is 0 Å². The highest BCUT2D eigenvalue weighted by Crippen LogP contribution is 2.34. The summed E-state index contributed by atoms with van der Waals surface area (Å²) in [5.74, 6) is -0.304. The van der Waals surface area contributed by atoms with Crippen LogP contribution >= 0.6 is 0 Å². The summed E-state index contributed by atoms with van der Waals surface area (Å²) in [5, 5.41) is 71.4. The first-order valence-electron chi connectivity index (χ1n) is 11.3. The number of ether oxygens (including phenoxy) is 4. The Kier molecular flexibility index (Phi) is 9.05. The number of hydrogen-bond donors (Lipinski definition) is 9. The third-order valence-corrected chi connectivity index (χ3v) is 6.89. The van der Waals surface area contributed by atoms with Gasteiger partial charge in [-0.05, 0) is 18.8 Å². The molecule has 13 nitrogen and oxygen atoms in total. The fraction of sp³-hybridized carbons (Fsp3) is 1.00. The lowest BCUT2D eigenvalue weighted by Crippen LogP contribution is -2.66. The van der Waals surface area contributed by atoms with Crippen molar-refractivity contribution in [3.8, 4) is 0 Å². The smallest absolute Gasteiger partial charge is 0.186 e. The van der Waals surface area contributed by atoms with Gasteiger partial charge in [0.15, 0.2) is 12.6 Å². The molecule has 0 spiro atoms. The van der Waals surface area contributed by atoms with Crippen molar-refractivity contribution in [2.45, 2.75) is 112 Å². The van der Waals surface area contributed by atoms with Crippen molar-refractivity contribution in [1.82, 2.24) is 0 Å². The van der Waals surface area contributed by atoms with Crippen molar-refractivity contribution >= 4 is 0 Å². The number of nitrogens with two attached hydrogens (primary N) is 2. The average molecular weight is 483 g/mol. The van der Waals surface area contributed by atoms with Crippen molar-refractivity contribution < 1.29 is 54.7 Å². The minimum atomic E-state index is -1.55. The number of rotatable bonds is 6. The van der Waals surface area contributed by atoms with E-state index in [1.807, 2.05) is 0 Å². The van der Waals surface area contributed by atoms with E-state index in [4.69, 9.17) is 30.4 Å². The first kappa shape index (κ1) is 27.1. The number of aliphatic hydroxyl groups is 7. The van der Waals surface area contributed by atoms with Crippen LogP contribution in [0.15, 0.2) is 0 Å². The SMILES string of the molecule is CCC1OC(OC2C(C)CC(N)C(OC3OC(CO)C(O)C(N)C3O)C2O)C(O)C(O)C1O. The van der Waals surface area contributed by atoms with Crippen LogP contribution in [-0.4, -0.2) is 128 Å². The molecule has 13 heteroatoms. The van der Waals surface area contributed by atoms with Crippen LogP contribution in [-0.2, 0) is 18.9 Å². The maximum Gasteiger partial charge on any atom is 0.186 e. The highest BCUT2D eigenvalue weighted by Gasteiger charge is 2.51. The Bertz CT molecular complexity index is 579. The Labute approximate surface area is 191 Å². The maximum absolute atomic E-state index is 11.0. The third kappa shape index (κ3) is 5.35. The molecule has 2 heterocycles. The van der Waals surface area contributed by atoms with E-state index < -0.39 is 92.3 Å². The van der Waals surface area contributed by atoms with Gasteiger partial charge in [-0.3, -0.25) is 0 Å². The molecule has 0 aromatic rings. The van der Waals surface area contributed by atoms with Gasteiger partial charge >= 0.3 is 0 Å². The molecular weight excluding hydrogens is 444 g/mol. The summed E-state index contributed by atoms with van der Waals surface area (Å²) in [5.41, 5.74) is 12.0. The molecule has 15 atom stereocenters. The first-order chi connectivity index (χ1) is 15.5. The molecule has 0 amide bonds. The van der Waals surface area contributed by atoms with Crippen molar-refractivity contribution in [3.63, 3.8) is 0 Å². The molecule has 0 bridgehead atoms. The van der Waals surface area contributed by atoms with Gasteiger partial charge < -0.3 is 66.2 Å². The Morgan fingerprint density at radius 3 is 1.94 bits per heavy atom. The summed E-state index contributed by atoms with van der Waals surface area (Å²) in [6.07, 6.45) is -14.3. The molecule has 3 fully saturated rings. The second-order valence-electron chi connectivity index (χ2n) is 9.28. The van der Waals surface area contributed by atoms with Crippen LogP contribution in [0.4, 0.5) is 0 Å². The molecule has 1 saturated carbocycles. The van der Waals surface area contributed by atoms with Gasteiger partial charge in [-0.15, -0.1) is 0 Å². The van der Waals surface area contributed by atoms with Crippen molar-refractivity contribution in [3.05, 3.63) is 0 Å². The van der Waals surface area contributed by atoms with Crippen molar-refractivity contribution in [1.29, 1.82) is 0 Å². The highest BCUT2D eigenvalue weighted by molar-refractivity contribution is 4.99. The lowest BCUT2D eigenvalue weighted by molar-refractivity contribution is -0.336. The van der Waals surface area contributed by atoms with Crippen LogP contribution in [0, 0.1) is 5.92 Å². The molecule has 11 N–H and O–H groups in total. The molecule has 15 unspecified atom stereocenters. The third-order valence-electron chi connectivity index (χ3n) is 6.89. The zero-order valence-corrected chi connectivity index (χ0v) is 18.7. The van der Waals surface area contributed by atoms with Crippen molar-refractivity contribution in [2.24, 2.45) is 17.4 Å². The van der Waals surface area contributed by atoms with Gasteiger partial charge in [-0.2, -0.15) is 0 Å². The van der Waals surface area contributed by atoms with E-state index in [0.29, 0.717) is 12.8 Å². The summed E-state index contributed by atoms with van der Waals surface area (Å²) >= 11 is 0. The summed E-state index contributed by atoms with van der Waals surface area (Å²) in [6.45, 7) is 2.96. The predicted molar refractivity (Wildman–Crippen MR) is 110 cm³/mol. The summed E-state index contributed by atoms with van der Waals surface area (Å²) in [4.78, 5) is 0. The second-order valence-corrected chi connectivity index (χ2v) is 9.28. The van der Waals surface area contributed by atoms with Gasteiger partial charge in [0, 0.05) is 6.04 Å². The first-order valence-corrected chi connectivity index (χ1v) is 11.3. The second kappa shape index (κ2) is 11.0. The van der Waals surface area contributed by atoms with Gasteiger partial charge in [0.25, 0.3) is 0 Å². The van der Waals surface area contributed by atoms with Gasteiger partial charge in [0.1, 0.15) is 48.8 Å². The minimum absolute atomic E-state index is 0.304. The Morgan fingerprint density at radius 1 is 0.758 bits per heavy atom. The molecule has 0 radical (unpaired) electrons. The molecule has 3 aliphatic rings. The largest absolute Gasteiger partial charge is 0.394 e. The Morgan fingerprint density at radius 2 is 1.33 bits per heavy atom. The average Bonchev–Trinajstić information content (AvgIpc) is 2.79. The number of hydrogen-bond acceptors (Lipinski definition) is 13. The number of aliphatic hydroxyl groups excluding tert-OH is 7. The minimum Gasteiger partial charge on any atom is -0.394 e. The van der Waals surface area contributed by atoms with E-state index in [2.05, 4.69) is 0 Å². The molecule has 0 aromatic carbocycles. The van der Waals surface area contributed by atoms with Gasteiger partial charge in [0.05, 0.1) is 24.9 Å². The fourth-order valence-electron chi connectivity index (χ4n) is 4.77. The molecule has 2 aliphatic heterocycles. The molecule has 1 aliphatic carbocycles. The molecule has 2 saturated heterocycles. The lowest BCUT2D eigenvalue weighted by Gasteiger charge is -2.48. The zero-order valence-electron chi connectivity index (χ0n) is 18.7. The van der Waals surface area contributed by atoms with Crippen LogP contribution in [0.5, 0.6) is 0 Å². The van der Waals surface area contributed by atoms with E-state index in [1.165, 1.54) is 0 Å². The molecule has 194 valence electrons. The normalized spacial score (nSPS) is 53.7. The fourth-order valence-corrected chi connectivity index (χ4v) is 4.77. The Hall–Kier alpha value is -0.520. The van der Waals surface area contributed by atoms with Crippen molar-refractivity contribution in [2.75, 3.05) is 6.61 Å². The van der Waals surface area contributed by atoms with E-state index in [1.54, 1.807) is 13.8 Å². The van der Waals surface area contributed by atoms with E-state index in [0.717, 1.165) is 0 Å². The molecule has 3 rings (SSSR count). The topological polar surface area (TPSA) is 231 Å². The van der Waals surface area contributed by atoms with Gasteiger partial charge in [0.2, 0.25) is 0 Å². The zero-order chi connectivity index (χ0) is 24.6. The van der Waals surface area contributed by atoms with Crippen LogP contribution in [0.3, 0.4) is 0 Å². The quantitative estimate of drug-likeness (QED) is 0.174. The molecule has 33 heavy (non-hydrogen) atoms. The summed E-state index contributed by atoms with van der Waals surface area (Å²) < 4.78 is 22.7. The maximum atomic E-state index is 11.0. The summed E-state index contributed by atoms with van der Waals surface area (Å²) in [7, 11) is 0. The van der Waals surface area contributed by atoms with Gasteiger partial charge in [-0.1, -0.05) is 13.8 Å². The molecule has 0 aromatic heterocycles. The standard InChI is InChI=1S/C20H38N2O11/c1-3-8-12(25)14(27)15(28)20(30-8)32-17-6(2)4-7(21)18(16(17)29)33-19-13(26)10(22)11(24)9(5-23)31-19/h6-20,23-29H,3-5,21-22H2,1-2H3. The van der Waals surface area contributed by atoms with Gasteiger partial charge in [-0.25, -0.2) is 0 Å². The van der Waals surface area contributed by atoms with Crippen LogP contribution < -0.4 is 11.5 Å². The van der Waals surface area contributed by atoms with E-state index in [-0.39, 0.29) is 5.92 Å². The monoisotopic (exact) mass is 482 g/mol. The molecular formula is C20H38N2O11. The van der Waals surface area contributed by atoms with Crippen LogP contribution in [0.25, 0.3) is 0 Å². The Balaban J connectivity index is 1.72. The van der Waals surface area contributed by atoms with E-state index in [9.17, 15) is 35.7 Å². The van der Waals surface area contributed by atoms with Crippen LogP contribution in [0.2, 0.25) is 0 Å². The predicted octanol–water partition coefficient (Wildman–Crippen LogP) is -4.53. The summed E-state index contributed by atoms with van der Waals surface area (Å²) in [6, 6.07) is -1.84. The van der Waals surface area contributed by atoms with Crippen LogP contribution in [0.1, 0.15) is 26.7 Å².